The van der Waals surface area contributed by atoms with Gasteiger partial charge in [0.05, 0.1) is 12.5 Å². The van der Waals surface area contributed by atoms with Crippen LogP contribution in [-0.2, 0) is 0 Å². The van der Waals surface area contributed by atoms with Crippen LogP contribution in [0.15, 0.2) is 35.8 Å². The molecule has 2 aromatic rings. The molecule has 1 heterocycles. The van der Waals surface area contributed by atoms with Crippen molar-refractivity contribution in [2.24, 2.45) is 0 Å². The molecule has 0 saturated carbocycles. The molecule has 1 amide bonds. The highest BCUT2D eigenvalue weighted by Gasteiger charge is 2.11. The molecular formula is C14H13N3O2S. The number of nitrogens with zero attached hydrogens (tertiary/aromatic N) is 3. The van der Waals surface area contributed by atoms with Crippen LogP contribution < -0.4 is 4.74 Å². The first kappa shape index (κ1) is 14.0. The predicted molar refractivity (Wildman–Crippen MR) is 75.8 cm³/mol. The van der Waals surface area contributed by atoms with E-state index in [1.165, 1.54) is 16.2 Å². The Labute approximate surface area is 121 Å². The number of nitriles is 1. The summed E-state index contributed by atoms with van der Waals surface area (Å²) in [6, 6.07) is 8.88. The van der Waals surface area contributed by atoms with Gasteiger partial charge in [0.1, 0.15) is 5.75 Å². The zero-order chi connectivity index (χ0) is 14.4. The minimum Gasteiger partial charge on any atom is -0.431 e. The van der Waals surface area contributed by atoms with Crippen LogP contribution in [-0.4, -0.2) is 29.4 Å². The molecule has 0 N–H and O–H groups in total. The summed E-state index contributed by atoms with van der Waals surface area (Å²) in [7, 11) is 1.68. The van der Waals surface area contributed by atoms with Crippen LogP contribution in [0.25, 0.3) is 0 Å². The minimum absolute atomic E-state index is 0.110. The largest absolute Gasteiger partial charge is 0.431 e. The molecular weight excluding hydrogens is 274 g/mol. The average molecular weight is 287 g/mol. The lowest BCUT2D eigenvalue weighted by Crippen LogP contribution is -2.27. The van der Waals surface area contributed by atoms with Crippen molar-refractivity contribution in [1.82, 2.24) is 9.88 Å². The van der Waals surface area contributed by atoms with Crippen LogP contribution in [0, 0.1) is 11.3 Å². The van der Waals surface area contributed by atoms with Crippen LogP contribution in [0.1, 0.15) is 16.8 Å². The molecule has 0 aliphatic rings. The molecule has 20 heavy (non-hydrogen) atoms. The summed E-state index contributed by atoms with van der Waals surface area (Å²) in [5, 5.41) is 10.9. The summed E-state index contributed by atoms with van der Waals surface area (Å²) in [5.41, 5.74) is 0.567. The van der Waals surface area contributed by atoms with Gasteiger partial charge >= 0.3 is 0 Å². The average Bonchev–Trinajstić information content (AvgIpc) is 2.97. The van der Waals surface area contributed by atoms with Crippen molar-refractivity contribution in [1.29, 1.82) is 5.26 Å². The third kappa shape index (κ3) is 3.56. The van der Waals surface area contributed by atoms with Gasteiger partial charge in [-0.05, 0) is 24.3 Å². The Kier molecular flexibility index (Phi) is 4.69. The number of carbonyl (C=O) groups is 1. The fourth-order valence-electron chi connectivity index (χ4n) is 1.57. The first-order chi connectivity index (χ1) is 9.70. The van der Waals surface area contributed by atoms with Gasteiger partial charge in [-0.3, -0.25) is 4.79 Å². The molecule has 0 unspecified atom stereocenters. The molecule has 1 aromatic carbocycles. The molecule has 0 atom stereocenters. The molecule has 2 rings (SSSR count). The summed E-state index contributed by atoms with van der Waals surface area (Å²) >= 11 is 1.40. The third-order valence-corrected chi connectivity index (χ3v) is 3.27. The van der Waals surface area contributed by atoms with E-state index in [0.717, 1.165) is 0 Å². The second-order valence-corrected chi connectivity index (χ2v) is 4.92. The van der Waals surface area contributed by atoms with Crippen molar-refractivity contribution < 1.29 is 9.53 Å². The number of aromatic nitrogens is 1. The highest BCUT2D eigenvalue weighted by molar-refractivity contribution is 7.11. The maximum Gasteiger partial charge on any atom is 0.278 e. The SMILES string of the molecule is CN(CCC#N)C(=O)c1ccc(Oc2nccs2)cc1. The van der Waals surface area contributed by atoms with E-state index in [-0.39, 0.29) is 5.91 Å². The van der Waals surface area contributed by atoms with Crippen molar-refractivity contribution in [3.05, 3.63) is 41.4 Å². The van der Waals surface area contributed by atoms with E-state index in [9.17, 15) is 4.79 Å². The van der Waals surface area contributed by atoms with Gasteiger partial charge in [0.2, 0.25) is 0 Å². The normalized spacial score (nSPS) is 9.80. The van der Waals surface area contributed by atoms with Gasteiger partial charge in [0, 0.05) is 30.7 Å². The summed E-state index contributed by atoms with van der Waals surface area (Å²) in [4.78, 5) is 17.6. The van der Waals surface area contributed by atoms with E-state index in [1.807, 2.05) is 11.4 Å². The quantitative estimate of drug-likeness (QED) is 0.848. The van der Waals surface area contributed by atoms with Crippen LogP contribution >= 0.6 is 11.3 Å². The highest BCUT2D eigenvalue weighted by atomic mass is 32.1. The monoisotopic (exact) mass is 287 g/mol. The van der Waals surface area contributed by atoms with E-state index in [0.29, 0.717) is 29.5 Å². The summed E-state index contributed by atoms with van der Waals surface area (Å²) in [6.45, 7) is 0.423. The number of thiazole rings is 1. The van der Waals surface area contributed by atoms with Crippen LogP contribution in [0.3, 0.4) is 0 Å². The number of hydrogen-bond acceptors (Lipinski definition) is 5. The van der Waals surface area contributed by atoms with Gasteiger partial charge in [-0.2, -0.15) is 5.26 Å². The summed E-state index contributed by atoms with van der Waals surface area (Å²) < 4.78 is 5.52. The van der Waals surface area contributed by atoms with Gasteiger partial charge in [-0.1, -0.05) is 11.3 Å². The molecule has 0 aliphatic carbocycles. The second-order valence-electron chi connectivity index (χ2n) is 4.06. The molecule has 0 saturated heterocycles. The zero-order valence-corrected chi connectivity index (χ0v) is 11.8. The van der Waals surface area contributed by atoms with Gasteiger partial charge in [0.15, 0.2) is 0 Å². The topological polar surface area (TPSA) is 66.2 Å². The number of rotatable bonds is 5. The Morgan fingerprint density at radius 1 is 1.45 bits per heavy atom. The third-order valence-electron chi connectivity index (χ3n) is 2.62. The van der Waals surface area contributed by atoms with Crippen molar-refractivity contribution in [3.8, 4) is 17.0 Å². The van der Waals surface area contributed by atoms with Gasteiger partial charge in [0.25, 0.3) is 11.1 Å². The van der Waals surface area contributed by atoms with Crippen molar-refractivity contribution in [2.75, 3.05) is 13.6 Å². The van der Waals surface area contributed by atoms with Gasteiger partial charge in [-0.15, -0.1) is 0 Å². The number of amides is 1. The number of hydrogen-bond donors (Lipinski definition) is 0. The standard InChI is InChI=1S/C14H13N3O2S/c1-17(9-2-7-15)13(18)11-3-5-12(6-4-11)19-14-16-8-10-20-14/h3-6,8,10H,2,9H2,1H3. The van der Waals surface area contributed by atoms with Gasteiger partial charge < -0.3 is 9.64 Å². The maximum atomic E-state index is 12.0. The lowest BCUT2D eigenvalue weighted by Gasteiger charge is -2.15. The molecule has 6 heteroatoms. The Bertz CT molecular complexity index is 602. The summed E-state index contributed by atoms with van der Waals surface area (Å²) in [5.74, 6) is 0.525. The van der Waals surface area contributed by atoms with Crippen LogP contribution in [0.4, 0.5) is 0 Å². The number of ether oxygens (including phenoxy) is 1. The zero-order valence-electron chi connectivity index (χ0n) is 10.9. The molecule has 5 nitrogen and oxygen atoms in total. The van der Waals surface area contributed by atoms with Gasteiger partial charge in [-0.25, -0.2) is 4.98 Å². The molecule has 102 valence electrons. The second kappa shape index (κ2) is 6.68. The molecule has 0 spiro atoms. The predicted octanol–water partition coefficient (Wildman–Crippen LogP) is 2.92. The Balaban J connectivity index is 2.00. The van der Waals surface area contributed by atoms with Crippen molar-refractivity contribution >= 4 is 17.2 Å². The molecule has 1 aromatic heterocycles. The van der Waals surface area contributed by atoms with Crippen molar-refractivity contribution in [2.45, 2.75) is 6.42 Å². The lowest BCUT2D eigenvalue weighted by atomic mass is 10.2. The van der Waals surface area contributed by atoms with E-state index in [1.54, 1.807) is 37.5 Å². The van der Waals surface area contributed by atoms with Crippen LogP contribution in [0.5, 0.6) is 10.9 Å². The highest BCUT2D eigenvalue weighted by Crippen LogP contribution is 2.23. The van der Waals surface area contributed by atoms with E-state index in [4.69, 9.17) is 10.00 Å². The Hall–Kier alpha value is -2.39. The van der Waals surface area contributed by atoms with Crippen LogP contribution in [0.2, 0.25) is 0 Å². The Morgan fingerprint density at radius 3 is 2.80 bits per heavy atom. The Morgan fingerprint density at radius 2 is 2.20 bits per heavy atom. The van der Waals surface area contributed by atoms with E-state index < -0.39 is 0 Å². The fourth-order valence-corrected chi connectivity index (χ4v) is 2.07. The van der Waals surface area contributed by atoms with Crippen molar-refractivity contribution in [3.63, 3.8) is 0 Å². The molecule has 0 bridgehead atoms. The molecule has 0 radical (unpaired) electrons. The van der Waals surface area contributed by atoms with E-state index in [2.05, 4.69) is 4.98 Å². The molecule has 0 aliphatic heterocycles. The minimum atomic E-state index is -0.110. The maximum absolute atomic E-state index is 12.0. The number of carbonyl (C=O) groups excluding carboxylic acids is 1. The smallest absolute Gasteiger partial charge is 0.278 e. The number of benzene rings is 1. The lowest BCUT2D eigenvalue weighted by molar-refractivity contribution is 0.0798. The first-order valence-corrected chi connectivity index (χ1v) is 6.88. The molecule has 0 fully saturated rings. The summed E-state index contributed by atoms with van der Waals surface area (Å²) in [6.07, 6.45) is 2.00. The fraction of sp³-hybridized carbons (Fsp3) is 0.214. The first-order valence-electron chi connectivity index (χ1n) is 6.00. The van der Waals surface area contributed by atoms with E-state index >= 15 is 0 Å².